The van der Waals surface area contributed by atoms with Crippen LogP contribution in [0.5, 0.6) is 0 Å². The molecule has 0 amide bonds. The van der Waals surface area contributed by atoms with Crippen molar-refractivity contribution < 1.29 is 9.53 Å². The molecular weight excluding hydrogens is 344 g/mol. The molecule has 0 spiro atoms. The number of rotatable bonds is 4. The van der Waals surface area contributed by atoms with Crippen molar-refractivity contribution in [2.24, 2.45) is 34.0 Å². The van der Waals surface area contributed by atoms with Crippen LogP contribution in [0.15, 0.2) is 23.3 Å². The molecule has 0 aromatic carbocycles. The number of hydrogen-bond acceptors (Lipinski definition) is 2. The van der Waals surface area contributed by atoms with E-state index in [-0.39, 0.29) is 5.97 Å². The number of hydrogen-bond donors (Lipinski definition) is 0. The highest BCUT2D eigenvalue weighted by Crippen LogP contribution is 2.68. The van der Waals surface area contributed by atoms with Crippen molar-refractivity contribution in [3.63, 3.8) is 0 Å². The summed E-state index contributed by atoms with van der Waals surface area (Å²) in [6.45, 7) is 14.7. The van der Waals surface area contributed by atoms with Gasteiger partial charge in [0.05, 0.1) is 7.11 Å². The molecule has 2 fully saturated rings. The van der Waals surface area contributed by atoms with Crippen LogP contribution >= 0.6 is 0 Å². The van der Waals surface area contributed by atoms with Crippen LogP contribution in [0.3, 0.4) is 0 Å². The second-order valence-corrected chi connectivity index (χ2v) is 11.3. The Morgan fingerprint density at radius 3 is 2.54 bits per heavy atom. The molecule has 2 saturated carbocycles. The molecule has 0 saturated heterocycles. The first-order valence-electron chi connectivity index (χ1n) is 11.5. The van der Waals surface area contributed by atoms with E-state index < -0.39 is 0 Å². The number of fused-ring (bicyclic) bond motifs is 3. The van der Waals surface area contributed by atoms with Crippen molar-refractivity contribution in [2.75, 3.05) is 7.11 Å². The maximum atomic E-state index is 11.6. The maximum Gasteiger partial charge on any atom is 0.330 e. The molecule has 3 aliphatic rings. The molecule has 2 nitrogen and oxygen atoms in total. The molecule has 158 valence electrons. The molecule has 2 heteroatoms. The fourth-order valence-corrected chi connectivity index (χ4v) is 7.87. The molecular formula is C26H42O2. The molecule has 0 radical (unpaired) electrons. The van der Waals surface area contributed by atoms with Gasteiger partial charge in [0.2, 0.25) is 0 Å². The van der Waals surface area contributed by atoms with Gasteiger partial charge in [-0.05, 0) is 92.8 Å². The van der Waals surface area contributed by atoms with Crippen LogP contribution in [-0.4, -0.2) is 13.1 Å². The van der Waals surface area contributed by atoms with Crippen LogP contribution in [-0.2, 0) is 9.53 Å². The predicted molar refractivity (Wildman–Crippen MR) is 117 cm³/mol. The SMILES string of the molecule is COC(=O)/C=C(\C)CC[C@H]1C(C)=CC[C@@H]2[C@@]3(C)CCCC(C)(C)[C@H]3CC[C@]21C. The summed E-state index contributed by atoms with van der Waals surface area (Å²) in [6, 6.07) is 0. The molecule has 3 aliphatic carbocycles. The number of esters is 1. The van der Waals surface area contributed by atoms with Gasteiger partial charge in [-0.25, -0.2) is 4.79 Å². The molecule has 0 unspecified atom stereocenters. The van der Waals surface area contributed by atoms with E-state index in [0.717, 1.165) is 30.3 Å². The van der Waals surface area contributed by atoms with Crippen LogP contribution in [0.2, 0.25) is 0 Å². The van der Waals surface area contributed by atoms with Crippen LogP contribution in [0.1, 0.15) is 92.9 Å². The number of carbonyl (C=O) groups excluding carboxylic acids is 1. The van der Waals surface area contributed by atoms with Crippen molar-refractivity contribution in [1.29, 1.82) is 0 Å². The summed E-state index contributed by atoms with van der Waals surface area (Å²) in [7, 11) is 1.45. The minimum Gasteiger partial charge on any atom is -0.466 e. The smallest absolute Gasteiger partial charge is 0.330 e. The molecule has 28 heavy (non-hydrogen) atoms. The van der Waals surface area contributed by atoms with E-state index in [1.807, 2.05) is 0 Å². The van der Waals surface area contributed by atoms with Gasteiger partial charge in [-0.3, -0.25) is 0 Å². The van der Waals surface area contributed by atoms with E-state index in [4.69, 9.17) is 4.74 Å². The zero-order valence-corrected chi connectivity index (χ0v) is 19.4. The number of ether oxygens (including phenoxy) is 1. The first kappa shape index (κ1) is 21.7. The number of methoxy groups -OCH3 is 1. The Labute approximate surface area is 173 Å². The highest BCUT2D eigenvalue weighted by atomic mass is 16.5. The topological polar surface area (TPSA) is 26.3 Å². The van der Waals surface area contributed by atoms with E-state index in [9.17, 15) is 4.79 Å². The van der Waals surface area contributed by atoms with Gasteiger partial charge in [-0.1, -0.05) is 51.3 Å². The van der Waals surface area contributed by atoms with Crippen LogP contribution < -0.4 is 0 Å². The van der Waals surface area contributed by atoms with Crippen molar-refractivity contribution in [3.05, 3.63) is 23.3 Å². The lowest BCUT2D eigenvalue weighted by Gasteiger charge is -2.65. The summed E-state index contributed by atoms with van der Waals surface area (Å²) < 4.78 is 4.80. The molecule has 0 N–H and O–H groups in total. The van der Waals surface area contributed by atoms with E-state index in [2.05, 4.69) is 47.6 Å². The quantitative estimate of drug-likeness (QED) is 0.292. The molecule has 0 aromatic heterocycles. The van der Waals surface area contributed by atoms with Gasteiger partial charge in [0.15, 0.2) is 0 Å². The summed E-state index contributed by atoms with van der Waals surface area (Å²) in [6.07, 6.45) is 14.6. The maximum absolute atomic E-state index is 11.6. The summed E-state index contributed by atoms with van der Waals surface area (Å²) in [5.74, 6) is 2.06. The minimum atomic E-state index is -0.227. The van der Waals surface area contributed by atoms with Gasteiger partial charge < -0.3 is 4.74 Å². The molecule has 0 aromatic rings. The fourth-order valence-electron chi connectivity index (χ4n) is 7.87. The average Bonchev–Trinajstić information content (AvgIpc) is 2.59. The van der Waals surface area contributed by atoms with Crippen molar-refractivity contribution in [2.45, 2.75) is 92.9 Å². The third kappa shape index (κ3) is 3.61. The molecule has 0 heterocycles. The minimum absolute atomic E-state index is 0.227. The zero-order chi connectivity index (χ0) is 20.7. The van der Waals surface area contributed by atoms with Crippen molar-refractivity contribution in [1.82, 2.24) is 0 Å². The Morgan fingerprint density at radius 2 is 1.86 bits per heavy atom. The van der Waals surface area contributed by atoms with E-state index in [1.54, 1.807) is 11.6 Å². The second-order valence-electron chi connectivity index (χ2n) is 11.3. The standard InChI is InChI=1S/C26H42O2/c1-18(17-23(27)28-7)9-11-20-19(2)10-12-22-25(20,5)16-13-21-24(3,4)14-8-15-26(21,22)6/h10,17,20-22H,8-9,11-16H2,1-7H3/b18-17+/t20-,21+,22-,25-,26-/m0/s1. The Balaban J connectivity index is 1.85. The van der Waals surface area contributed by atoms with Crippen molar-refractivity contribution in [3.8, 4) is 0 Å². The molecule has 3 rings (SSSR count). The fraction of sp³-hybridized carbons (Fsp3) is 0.808. The van der Waals surface area contributed by atoms with E-state index >= 15 is 0 Å². The average molecular weight is 387 g/mol. The normalized spacial score (nSPS) is 40.2. The Kier molecular flexibility index (Phi) is 5.92. The van der Waals surface area contributed by atoms with Crippen molar-refractivity contribution >= 4 is 5.97 Å². The third-order valence-electron chi connectivity index (χ3n) is 9.25. The monoisotopic (exact) mass is 386 g/mol. The zero-order valence-electron chi connectivity index (χ0n) is 19.4. The first-order chi connectivity index (χ1) is 13.0. The van der Waals surface area contributed by atoms with Gasteiger partial charge in [0.1, 0.15) is 0 Å². The Bertz CT molecular complexity index is 670. The van der Waals surface area contributed by atoms with E-state index in [1.165, 1.54) is 45.6 Å². The Hall–Kier alpha value is -1.05. The number of allylic oxidation sites excluding steroid dienone is 3. The highest BCUT2D eigenvalue weighted by molar-refractivity contribution is 5.82. The number of carbonyl (C=O) groups is 1. The van der Waals surface area contributed by atoms with Crippen LogP contribution in [0.4, 0.5) is 0 Å². The molecule has 5 atom stereocenters. The second kappa shape index (κ2) is 7.65. The molecule has 0 aliphatic heterocycles. The van der Waals surface area contributed by atoms with Gasteiger partial charge in [0, 0.05) is 6.08 Å². The largest absolute Gasteiger partial charge is 0.466 e. The van der Waals surface area contributed by atoms with Gasteiger partial charge >= 0.3 is 5.97 Å². The summed E-state index contributed by atoms with van der Waals surface area (Å²) in [4.78, 5) is 11.6. The van der Waals surface area contributed by atoms with E-state index in [0.29, 0.717) is 22.2 Å². The lowest BCUT2D eigenvalue weighted by atomic mass is 9.39. The third-order valence-corrected chi connectivity index (χ3v) is 9.25. The predicted octanol–water partition coefficient (Wildman–Crippen LogP) is 7.10. The lowest BCUT2D eigenvalue weighted by molar-refractivity contribution is -0.145. The first-order valence-corrected chi connectivity index (χ1v) is 11.5. The van der Waals surface area contributed by atoms with Gasteiger partial charge in [0.25, 0.3) is 0 Å². The summed E-state index contributed by atoms with van der Waals surface area (Å²) >= 11 is 0. The van der Waals surface area contributed by atoms with Gasteiger partial charge in [-0.2, -0.15) is 0 Å². The highest BCUT2D eigenvalue weighted by Gasteiger charge is 2.60. The summed E-state index contributed by atoms with van der Waals surface area (Å²) in [5, 5.41) is 0. The Morgan fingerprint density at radius 1 is 1.14 bits per heavy atom. The summed E-state index contributed by atoms with van der Waals surface area (Å²) in [5.41, 5.74) is 4.08. The van der Waals surface area contributed by atoms with Crippen LogP contribution in [0.25, 0.3) is 0 Å². The molecule has 0 bridgehead atoms. The van der Waals surface area contributed by atoms with Gasteiger partial charge in [-0.15, -0.1) is 0 Å². The lowest BCUT2D eigenvalue weighted by Crippen LogP contribution is -2.57. The van der Waals surface area contributed by atoms with Crippen LogP contribution in [0, 0.1) is 34.0 Å².